The molecule has 6 nitrogen and oxygen atoms in total. The van der Waals surface area contributed by atoms with Crippen molar-refractivity contribution < 1.29 is 19.1 Å². The standard InChI is InChI=1S/C24H30N2O4S/c1-15-7-5-8-16(2)22(15)30-14-20(27)26-24-21(18-10-3-4-11-19(18)31-24)23(28)25-13-17-9-6-12-29-17/h5,7-8,17H,3-4,6,9-14H2,1-2H3,(H,25,28)(H,26,27)/t17-/m1/s1. The summed E-state index contributed by atoms with van der Waals surface area (Å²) in [5.41, 5.74) is 3.70. The van der Waals surface area contributed by atoms with Crippen LogP contribution in [-0.2, 0) is 22.4 Å². The smallest absolute Gasteiger partial charge is 0.262 e. The predicted octanol–water partition coefficient (Wildman–Crippen LogP) is 4.17. The lowest BCUT2D eigenvalue weighted by atomic mass is 9.95. The van der Waals surface area contributed by atoms with Crippen LogP contribution in [0, 0.1) is 13.8 Å². The van der Waals surface area contributed by atoms with Crippen molar-refractivity contribution >= 4 is 28.2 Å². The molecule has 2 aromatic rings. The normalized spacial score (nSPS) is 17.8. The Bertz CT molecular complexity index is 942. The Kier molecular flexibility index (Phi) is 6.92. The van der Waals surface area contributed by atoms with Crippen LogP contribution in [0.5, 0.6) is 5.75 Å². The van der Waals surface area contributed by atoms with E-state index < -0.39 is 0 Å². The summed E-state index contributed by atoms with van der Waals surface area (Å²) >= 11 is 1.53. The van der Waals surface area contributed by atoms with Crippen LogP contribution in [0.1, 0.15) is 57.6 Å². The van der Waals surface area contributed by atoms with Gasteiger partial charge in [-0.15, -0.1) is 11.3 Å². The van der Waals surface area contributed by atoms with Crippen LogP contribution in [0.25, 0.3) is 0 Å². The lowest BCUT2D eigenvalue weighted by Crippen LogP contribution is -2.33. The molecular formula is C24H30N2O4S. The Morgan fingerprint density at radius 1 is 1.16 bits per heavy atom. The van der Waals surface area contributed by atoms with E-state index in [-0.39, 0.29) is 24.5 Å². The summed E-state index contributed by atoms with van der Waals surface area (Å²) in [6, 6.07) is 5.89. The second-order valence-electron chi connectivity index (χ2n) is 8.32. The molecule has 2 amide bonds. The van der Waals surface area contributed by atoms with Crippen LogP contribution >= 0.6 is 11.3 Å². The first-order valence-electron chi connectivity index (χ1n) is 11.1. The predicted molar refractivity (Wildman–Crippen MR) is 122 cm³/mol. The second kappa shape index (κ2) is 9.83. The molecule has 0 bridgehead atoms. The van der Waals surface area contributed by atoms with Gasteiger partial charge < -0.3 is 20.1 Å². The minimum Gasteiger partial charge on any atom is -0.483 e. The fraction of sp³-hybridized carbons (Fsp3) is 0.500. The summed E-state index contributed by atoms with van der Waals surface area (Å²) in [6.07, 6.45) is 6.12. The maximum Gasteiger partial charge on any atom is 0.262 e. The van der Waals surface area contributed by atoms with E-state index in [0.717, 1.165) is 67.6 Å². The van der Waals surface area contributed by atoms with Gasteiger partial charge in [-0.25, -0.2) is 0 Å². The molecule has 1 aliphatic carbocycles. The Morgan fingerprint density at radius 3 is 2.68 bits per heavy atom. The number of ether oxygens (including phenoxy) is 2. The van der Waals surface area contributed by atoms with E-state index in [4.69, 9.17) is 9.47 Å². The summed E-state index contributed by atoms with van der Waals surface area (Å²) in [5.74, 6) is 0.355. The van der Waals surface area contributed by atoms with Crippen molar-refractivity contribution in [2.24, 2.45) is 0 Å². The lowest BCUT2D eigenvalue weighted by Gasteiger charge is -2.15. The fourth-order valence-electron chi connectivity index (χ4n) is 4.32. The van der Waals surface area contributed by atoms with Crippen LogP contribution < -0.4 is 15.4 Å². The van der Waals surface area contributed by atoms with Gasteiger partial charge in [0.15, 0.2) is 6.61 Å². The lowest BCUT2D eigenvalue weighted by molar-refractivity contribution is -0.118. The Labute approximate surface area is 187 Å². The Morgan fingerprint density at radius 2 is 1.94 bits per heavy atom. The molecule has 31 heavy (non-hydrogen) atoms. The number of thiophene rings is 1. The third-order valence-corrected chi connectivity index (χ3v) is 7.13. The molecule has 1 saturated heterocycles. The molecule has 1 atom stereocenters. The van der Waals surface area contributed by atoms with Crippen LogP contribution in [0.3, 0.4) is 0 Å². The van der Waals surface area contributed by atoms with Crippen LogP contribution in [0.4, 0.5) is 5.00 Å². The number of hydrogen-bond donors (Lipinski definition) is 2. The molecule has 0 saturated carbocycles. The molecular weight excluding hydrogens is 412 g/mol. The first-order valence-corrected chi connectivity index (χ1v) is 11.9. The molecule has 2 N–H and O–H groups in total. The summed E-state index contributed by atoms with van der Waals surface area (Å²) in [5, 5.41) is 6.60. The van der Waals surface area contributed by atoms with E-state index in [0.29, 0.717) is 17.1 Å². The Balaban J connectivity index is 1.46. The van der Waals surface area contributed by atoms with Gasteiger partial charge in [0.05, 0.1) is 11.7 Å². The van der Waals surface area contributed by atoms with Crippen molar-refractivity contribution in [1.29, 1.82) is 0 Å². The number of aryl methyl sites for hydroxylation is 3. The zero-order chi connectivity index (χ0) is 21.8. The van der Waals surface area contributed by atoms with Crippen LogP contribution in [0.15, 0.2) is 18.2 Å². The third kappa shape index (κ3) is 5.10. The van der Waals surface area contributed by atoms with Gasteiger partial charge in [-0.05, 0) is 69.1 Å². The molecule has 2 aliphatic rings. The van der Waals surface area contributed by atoms with Crippen molar-refractivity contribution in [1.82, 2.24) is 5.32 Å². The number of hydrogen-bond acceptors (Lipinski definition) is 5. The first-order chi connectivity index (χ1) is 15.0. The van der Waals surface area contributed by atoms with Crippen LogP contribution in [0.2, 0.25) is 0 Å². The van der Waals surface area contributed by atoms with Crippen molar-refractivity contribution in [2.75, 3.05) is 25.1 Å². The fourth-order valence-corrected chi connectivity index (χ4v) is 5.62. The highest BCUT2D eigenvalue weighted by atomic mass is 32.1. The van der Waals surface area contributed by atoms with E-state index in [2.05, 4.69) is 10.6 Å². The highest BCUT2D eigenvalue weighted by Crippen LogP contribution is 2.38. The summed E-state index contributed by atoms with van der Waals surface area (Å²) < 4.78 is 11.4. The van der Waals surface area contributed by atoms with E-state index >= 15 is 0 Å². The number of benzene rings is 1. The van der Waals surface area contributed by atoms with Gasteiger partial charge in [0.1, 0.15) is 10.8 Å². The molecule has 1 fully saturated rings. The number of anilines is 1. The van der Waals surface area contributed by atoms with Crippen molar-refractivity contribution in [3.63, 3.8) is 0 Å². The molecule has 0 unspecified atom stereocenters. The van der Waals surface area contributed by atoms with Crippen molar-refractivity contribution in [3.8, 4) is 5.75 Å². The molecule has 1 aromatic carbocycles. The maximum absolute atomic E-state index is 13.1. The van der Waals surface area contributed by atoms with Gasteiger partial charge >= 0.3 is 0 Å². The van der Waals surface area contributed by atoms with Gasteiger partial charge in [0.2, 0.25) is 0 Å². The minimum absolute atomic E-state index is 0.0854. The second-order valence-corrected chi connectivity index (χ2v) is 9.42. The maximum atomic E-state index is 13.1. The number of amides is 2. The summed E-state index contributed by atoms with van der Waals surface area (Å²) in [4.78, 5) is 27.0. The van der Waals surface area contributed by atoms with Gasteiger partial charge in [0, 0.05) is 18.0 Å². The number of fused-ring (bicyclic) bond motifs is 1. The highest BCUT2D eigenvalue weighted by Gasteiger charge is 2.27. The molecule has 0 spiro atoms. The van der Waals surface area contributed by atoms with E-state index in [9.17, 15) is 9.59 Å². The zero-order valence-corrected chi connectivity index (χ0v) is 19.0. The zero-order valence-electron chi connectivity index (χ0n) is 18.2. The van der Waals surface area contributed by atoms with Gasteiger partial charge in [-0.3, -0.25) is 9.59 Å². The minimum atomic E-state index is -0.255. The van der Waals surface area contributed by atoms with Gasteiger partial charge in [-0.1, -0.05) is 18.2 Å². The van der Waals surface area contributed by atoms with E-state index in [1.54, 1.807) is 0 Å². The average molecular weight is 443 g/mol. The highest BCUT2D eigenvalue weighted by molar-refractivity contribution is 7.17. The first kappa shape index (κ1) is 21.8. The number of carbonyl (C=O) groups excluding carboxylic acids is 2. The molecule has 166 valence electrons. The number of nitrogens with one attached hydrogen (secondary N) is 2. The number of para-hydroxylation sites is 1. The van der Waals surface area contributed by atoms with Crippen molar-refractivity contribution in [3.05, 3.63) is 45.3 Å². The molecule has 1 aliphatic heterocycles. The number of carbonyl (C=O) groups is 2. The quantitative estimate of drug-likeness (QED) is 0.675. The molecule has 0 radical (unpaired) electrons. The molecule has 4 rings (SSSR count). The van der Waals surface area contributed by atoms with E-state index in [1.165, 1.54) is 16.2 Å². The van der Waals surface area contributed by atoms with Crippen LogP contribution in [-0.4, -0.2) is 37.7 Å². The third-order valence-electron chi connectivity index (χ3n) is 5.92. The number of rotatable bonds is 7. The SMILES string of the molecule is Cc1cccc(C)c1OCC(=O)Nc1sc2c(c1C(=O)NC[C@H]1CCCO1)CCCC2. The topological polar surface area (TPSA) is 76.7 Å². The summed E-state index contributed by atoms with van der Waals surface area (Å²) in [6.45, 7) is 5.10. The van der Waals surface area contributed by atoms with Crippen molar-refractivity contribution in [2.45, 2.75) is 58.5 Å². The monoisotopic (exact) mass is 442 g/mol. The van der Waals surface area contributed by atoms with Gasteiger partial charge in [0.25, 0.3) is 11.8 Å². The largest absolute Gasteiger partial charge is 0.483 e. The van der Waals surface area contributed by atoms with E-state index in [1.807, 2.05) is 32.0 Å². The van der Waals surface area contributed by atoms with Gasteiger partial charge in [-0.2, -0.15) is 0 Å². The molecule has 2 heterocycles. The average Bonchev–Trinajstić information content (AvgIpc) is 3.39. The summed E-state index contributed by atoms with van der Waals surface area (Å²) in [7, 11) is 0. The Hall–Kier alpha value is -2.38. The molecule has 7 heteroatoms. The molecule has 1 aromatic heterocycles.